The van der Waals surface area contributed by atoms with Gasteiger partial charge in [0.25, 0.3) is 5.91 Å². The zero-order valence-corrected chi connectivity index (χ0v) is 12.6. The van der Waals surface area contributed by atoms with Crippen LogP contribution in [0.25, 0.3) is 11.1 Å². The number of pyridine rings is 1. The summed E-state index contributed by atoms with van der Waals surface area (Å²) in [7, 11) is 0. The number of rotatable bonds is 6. The highest BCUT2D eigenvalue weighted by atomic mass is 16.3. The molecule has 3 rings (SSSR count). The van der Waals surface area contributed by atoms with Crippen molar-refractivity contribution in [1.82, 2.24) is 14.9 Å². The number of fused-ring (bicyclic) bond motifs is 1. The minimum atomic E-state index is -0.0913. The quantitative estimate of drug-likeness (QED) is 0.759. The molecule has 0 atom stereocenters. The van der Waals surface area contributed by atoms with Crippen LogP contribution in [0, 0.1) is 0 Å². The molecule has 0 saturated carbocycles. The highest BCUT2D eigenvalue weighted by molar-refractivity contribution is 5.97. The van der Waals surface area contributed by atoms with Crippen molar-refractivity contribution in [3.05, 3.63) is 54.2 Å². The van der Waals surface area contributed by atoms with Crippen LogP contribution in [0.4, 0.5) is 0 Å². The maximum absolute atomic E-state index is 12.5. The summed E-state index contributed by atoms with van der Waals surface area (Å²) in [6.07, 6.45) is 7.23. The number of unbranched alkanes of at least 4 members (excludes halogenated alkanes) is 1. The van der Waals surface area contributed by atoms with Gasteiger partial charge in [-0.1, -0.05) is 19.4 Å². The van der Waals surface area contributed by atoms with Gasteiger partial charge >= 0.3 is 0 Å². The molecule has 0 aliphatic rings. The maximum atomic E-state index is 12.5. The van der Waals surface area contributed by atoms with Crippen molar-refractivity contribution < 1.29 is 9.21 Å². The number of hydrogen-bond donors (Lipinski definition) is 1. The molecule has 0 aliphatic heterocycles. The zero-order valence-electron chi connectivity index (χ0n) is 12.6. The molecule has 3 aromatic heterocycles. The van der Waals surface area contributed by atoms with E-state index in [2.05, 4.69) is 17.2 Å². The van der Waals surface area contributed by atoms with Gasteiger partial charge in [0, 0.05) is 37.6 Å². The van der Waals surface area contributed by atoms with Crippen LogP contribution in [-0.2, 0) is 13.1 Å². The molecule has 0 aromatic carbocycles. The fourth-order valence-corrected chi connectivity index (χ4v) is 2.50. The van der Waals surface area contributed by atoms with Crippen LogP contribution in [0.1, 0.15) is 35.8 Å². The minimum Gasteiger partial charge on any atom is -0.463 e. The number of aryl methyl sites for hydroxylation is 1. The maximum Gasteiger partial charge on any atom is 0.268 e. The summed E-state index contributed by atoms with van der Waals surface area (Å²) in [4.78, 5) is 16.5. The molecule has 1 N–H and O–H groups in total. The summed E-state index contributed by atoms with van der Waals surface area (Å²) in [5, 5.41) is 2.94. The fourth-order valence-electron chi connectivity index (χ4n) is 2.50. The number of carbonyl (C=O) groups is 1. The summed E-state index contributed by atoms with van der Waals surface area (Å²) < 4.78 is 7.45. The summed E-state index contributed by atoms with van der Waals surface area (Å²) in [5.74, 6) is -0.0913. The van der Waals surface area contributed by atoms with Crippen LogP contribution < -0.4 is 5.32 Å². The molecule has 5 heteroatoms. The van der Waals surface area contributed by atoms with Gasteiger partial charge in [0.2, 0.25) is 0 Å². The molecule has 0 bridgehead atoms. The highest BCUT2D eigenvalue weighted by Crippen LogP contribution is 2.22. The molecule has 0 aliphatic carbocycles. The lowest BCUT2D eigenvalue weighted by atomic mass is 10.3. The molecular formula is C17H19N3O2. The van der Waals surface area contributed by atoms with E-state index in [1.165, 1.54) is 0 Å². The average Bonchev–Trinajstić information content (AvgIpc) is 3.13. The number of aromatic nitrogens is 2. The molecule has 5 nitrogen and oxygen atoms in total. The third kappa shape index (κ3) is 2.88. The first kappa shape index (κ1) is 14.4. The normalized spacial score (nSPS) is 11.0. The Balaban J connectivity index is 1.79. The van der Waals surface area contributed by atoms with Crippen LogP contribution in [0.15, 0.2) is 47.3 Å². The van der Waals surface area contributed by atoms with E-state index >= 15 is 0 Å². The standard InChI is InChI=1S/C17H19N3O2/c1-2-3-8-20-14-6-9-22-16(14)10-15(20)17(21)19-12-13-5-4-7-18-11-13/h4-7,9-11H,2-3,8,12H2,1H3,(H,19,21). The zero-order chi connectivity index (χ0) is 15.4. The Morgan fingerprint density at radius 1 is 1.41 bits per heavy atom. The first-order valence-corrected chi connectivity index (χ1v) is 7.53. The Bertz CT molecular complexity index is 759. The Labute approximate surface area is 129 Å². The van der Waals surface area contributed by atoms with E-state index in [0.717, 1.165) is 36.0 Å². The molecule has 0 spiro atoms. The van der Waals surface area contributed by atoms with Crippen molar-refractivity contribution in [1.29, 1.82) is 0 Å². The third-order valence-corrected chi connectivity index (χ3v) is 3.67. The first-order chi connectivity index (χ1) is 10.8. The van der Waals surface area contributed by atoms with E-state index < -0.39 is 0 Å². The molecular weight excluding hydrogens is 278 g/mol. The van der Waals surface area contributed by atoms with Gasteiger partial charge < -0.3 is 14.3 Å². The lowest BCUT2D eigenvalue weighted by molar-refractivity contribution is 0.0941. The molecule has 3 aromatic rings. The summed E-state index contributed by atoms with van der Waals surface area (Å²) >= 11 is 0. The van der Waals surface area contributed by atoms with E-state index in [9.17, 15) is 4.79 Å². The lowest BCUT2D eigenvalue weighted by Gasteiger charge is -2.10. The van der Waals surface area contributed by atoms with Crippen molar-refractivity contribution >= 4 is 17.0 Å². The summed E-state index contributed by atoms with van der Waals surface area (Å²) in [6, 6.07) is 7.51. The van der Waals surface area contributed by atoms with Crippen molar-refractivity contribution in [2.24, 2.45) is 0 Å². The molecule has 3 heterocycles. The van der Waals surface area contributed by atoms with E-state index in [1.807, 2.05) is 28.8 Å². The van der Waals surface area contributed by atoms with Gasteiger partial charge in [-0.05, 0) is 18.1 Å². The predicted molar refractivity (Wildman–Crippen MR) is 84.5 cm³/mol. The van der Waals surface area contributed by atoms with E-state index in [0.29, 0.717) is 12.2 Å². The fraction of sp³-hybridized carbons (Fsp3) is 0.294. The van der Waals surface area contributed by atoms with Crippen molar-refractivity contribution in [3.8, 4) is 0 Å². The van der Waals surface area contributed by atoms with Crippen molar-refractivity contribution in [2.75, 3.05) is 0 Å². The van der Waals surface area contributed by atoms with E-state index in [4.69, 9.17) is 4.42 Å². The first-order valence-electron chi connectivity index (χ1n) is 7.53. The number of hydrogen-bond acceptors (Lipinski definition) is 3. The second-order valence-electron chi connectivity index (χ2n) is 5.25. The van der Waals surface area contributed by atoms with Gasteiger partial charge in [-0.2, -0.15) is 0 Å². The largest absolute Gasteiger partial charge is 0.463 e. The molecule has 114 valence electrons. The SMILES string of the molecule is CCCCn1c(C(=O)NCc2cccnc2)cc2occc21. The lowest BCUT2D eigenvalue weighted by Crippen LogP contribution is -2.25. The molecule has 22 heavy (non-hydrogen) atoms. The Morgan fingerprint density at radius 3 is 3.09 bits per heavy atom. The molecule has 1 amide bonds. The topological polar surface area (TPSA) is 60.1 Å². The third-order valence-electron chi connectivity index (χ3n) is 3.67. The molecule has 0 unspecified atom stereocenters. The second kappa shape index (κ2) is 6.47. The molecule has 0 fully saturated rings. The van der Waals surface area contributed by atoms with Crippen LogP contribution in [0.2, 0.25) is 0 Å². The Hall–Kier alpha value is -2.56. The monoisotopic (exact) mass is 297 g/mol. The van der Waals surface area contributed by atoms with Gasteiger partial charge in [0.05, 0.1) is 11.8 Å². The Kier molecular flexibility index (Phi) is 4.23. The minimum absolute atomic E-state index is 0.0913. The van der Waals surface area contributed by atoms with Crippen LogP contribution >= 0.6 is 0 Å². The van der Waals surface area contributed by atoms with Gasteiger partial charge in [0.1, 0.15) is 5.69 Å². The van der Waals surface area contributed by atoms with Crippen LogP contribution in [-0.4, -0.2) is 15.5 Å². The van der Waals surface area contributed by atoms with Crippen molar-refractivity contribution in [2.45, 2.75) is 32.9 Å². The van der Waals surface area contributed by atoms with E-state index in [-0.39, 0.29) is 5.91 Å². The second-order valence-corrected chi connectivity index (χ2v) is 5.25. The smallest absolute Gasteiger partial charge is 0.268 e. The number of furan rings is 1. The highest BCUT2D eigenvalue weighted by Gasteiger charge is 2.16. The molecule has 0 saturated heterocycles. The Morgan fingerprint density at radius 2 is 2.32 bits per heavy atom. The van der Waals surface area contributed by atoms with Gasteiger partial charge in [-0.15, -0.1) is 0 Å². The van der Waals surface area contributed by atoms with Crippen molar-refractivity contribution in [3.63, 3.8) is 0 Å². The number of amides is 1. The van der Waals surface area contributed by atoms with Gasteiger partial charge in [-0.25, -0.2) is 0 Å². The average molecular weight is 297 g/mol. The number of nitrogens with zero attached hydrogens (tertiary/aromatic N) is 2. The predicted octanol–water partition coefficient (Wildman–Crippen LogP) is 3.36. The van der Waals surface area contributed by atoms with Crippen LogP contribution in [0.5, 0.6) is 0 Å². The number of nitrogens with one attached hydrogen (secondary N) is 1. The summed E-state index contributed by atoms with van der Waals surface area (Å²) in [5.41, 5.74) is 3.35. The van der Waals surface area contributed by atoms with Gasteiger partial charge in [0.15, 0.2) is 5.58 Å². The van der Waals surface area contributed by atoms with Gasteiger partial charge in [-0.3, -0.25) is 9.78 Å². The summed E-state index contributed by atoms with van der Waals surface area (Å²) in [6.45, 7) is 3.42. The van der Waals surface area contributed by atoms with E-state index in [1.54, 1.807) is 18.7 Å². The van der Waals surface area contributed by atoms with Crippen LogP contribution in [0.3, 0.4) is 0 Å². The molecule has 0 radical (unpaired) electrons. The number of carbonyl (C=O) groups excluding carboxylic acids is 1.